The molecule has 1 fully saturated rings. The van der Waals surface area contributed by atoms with Crippen LogP contribution in [0.1, 0.15) is 6.42 Å². The Hall–Kier alpha value is -1.57. The summed E-state index contributed by atoms with van der Waals surface area (Å²) in [5.41, 5.74) is 0. The minimum atomic E-state index is -4.60. The normalized spacial score (nSPS) is 20.4. The largest absolute Gasteiger partial charge is 0.302 e. The van der Waals surface area contributed by atoms with E-state index in [0.717, 1.165) is 12.3 Å². The third-order valence-corrected chi connectivity index (χ3v) is 3.50. The number of hydrogen-bond donors (Lipinski definition) is 0. The first-order chi connectivity index (χ1) is 8.35. The molecule has 1 saturated heterocycles. The highest BCUT2D eigenvalue weighted by Gasteiger charge is 2.34. The summed E-state index contributed by atoms with van der Waals surface area (Å²) < 4.78 is 46.2. The van der Waals surface area contributed by atoms with Crippen molar-refractivity contribution in [2.45, 2.75) is 6.42 Å². The van der Waals surface area contributed by atoms with Crippen molar-refractivity contribution in [3.63, 3.8) is 0 Å². The highest BCUT2D eigenvalue weighted by atomic mass is 32.3. The summed E-state index contributed by atoms with van der Waals surface area (Å²) in [5.74, 6) is -1.92. The van der Waals surface area contributed by atoms with Crippen LogP contribution in [0.15, 0.2) is 18.3 Å². The summed E-state index contributed by atoms with van der Waals surface area (Å²) in [6, 6.07) is 2.47. The molecule has 1 aliphatic rings. The number of carbonyl (C=O) groups excluding carboxylic acids is 1. The number of amides is 1. The Morgan fingerprint density at radius 1 is 1.44 bits per heavy atom. The molecule has 1 aliphatic heterocycles. The van der Waals surface area contributed by atoms with Gasteiger partial charge in [0.1, 0.15) is 11.6 Å². The van der Waals surface area contributed by atoms with Crippen LogP contribution in [0.25, 0.3) is 0 Å². The molecule has 2 rings (SSSR count). The van der Waals surface area contributed by atoms with Crippen LogP contribution in [0.4, 0.5) is 14.1 Å². The van der Waals surface area contributed by atoms with Crippen LogP contribution < -0.4 is 4.90 Å². The number of rotatable bonds is 3. The number of halogens is 2. The third kappa shape index (κ3) is 3.00. The Kier molecular flexibility index (Phi) is 3.29. The molecule has 8 heteroatoms. The van der Waals surface area contributed by atoms with Gasteiger partial charge < -0.3 is 0 Å². The first-order valence-corrected chi connectivity index (χ1v) is 6.74. The Balaban J connectivity index is 2.12. The molecule has 5 nitrogen and oxygen atoms in total. The van der Waals surface area contributed by atoms with Gasteiger partial charge in [-0.1, -0.05) is 0 Å². The van der Waals surface area contributed by atoms with Gasteiger partial charge >= 0.3 is 10.2 Å². The van der Waals surface area contributed by atoms with Crippen molar-refractivity contribution in [3.8, 4) is 0 Å². The summed E-state index contributed by atoms with van der Waals surface area (Å²) in [4.78, 5) is 16.6. The van der Waals surface area contributed by atoms with E-state index in [2.05, 4.69) is 4.98 Å². The second-order valence-electron chi connectivity index (χ2n) is 4.11. The van der Waals surface area contributed by atoms with Crippen LogP contribution in [0.5, 0.6) is 0 Å². The number of hydrogen-bond acceptors (Lipinski definition) is 4. The summed E-state index contributed by atoms with van der Waals surface area (Å²) in [5, 5.41) is 0. The van der Waals surface area contributed by atoms with Crippen molar-refractivity contribution in [2.75, 3.05) is 17.2 Å². The first-order valence-electron chi connectivity index (χ1n) is 5.19. The molecule has 0 saturated carbocycles. The SMILES string of the molecule is O=C1CC(CS(=O)(=O)F)CN1c1ccc(F)cn1. The van der Waals surface area contributed by atoms with Gasteiger partial charge in [0.25, 0.3) is 0 Å². The highest BCUT2D eigenvalue weighted by Crippen LogP contribution is 2.24. The molecule has 0 bridgehead atoms. The zero-order valence-corrected chi connectivity index (χ0v) is 10.0. The minimum absolute atomic E-state index is 0.0534. The zero-order chi connectivity index (χ0) is 13.3. The van der Waals surface area contributed by atoms with Crippen LogP contribution in [0, 0.1) is 11.7 Å². The maximum Gasteiger partial charge on any atom is 0.302 e. The van der Waals surface area contributed by atoms with Crippen LogP contribution in [-0.2, 0) is 15.0 Å². The van der Waals surface area contributed by atoms with Gasteiger partial charge in [-0.2, -0.15) is 8.42 Å². The van der Waals surface area contributed by atoms with Gasteiger partial charge in [-0.15, -0.1) is 3.89 Å². The van der Waals surface area contributed by atoms with Gasteiger partial charge in [0, 0.05) is 18.9 Å². The van der Waals surface area contributed by atoms with Gasteiger partial charge in [0.15, 0.2) is 0 Å². The van der Waals surface area contributed by atoms with Crippen molar-refractivity contribution >= 4 is 21.9 Å². The fourth-order valence-corrected chi connectivity index (χ4v) is 2.71. The van der Waals surface area contributed by atoms with E-state index in [4.69, 9.17) is 0 Å². The minimum Gasteiger partial charge on any atom is -0.296 e. The molecule has 0 aromatic carbocycles. The van der Waals surface area contributed by atoms with Gasteiger partial charge in [-0.25, -0.2) is 9.37 Å². The van der Waals surface area contributed by atoms with Gasteiger partial charge in [-0.3, -0.25) is 9.69 Å². The highest BCUT2D eigenvalue weighted by molar-refractivity contribution is 7.86. The lowest BCUT2D eigenvalue weighted by atomic mass is 10.1. The molecule has 1 amide bonds. The predicted molar refractivity (Wildman–Crippen MR) is 59.5 cm³/mol. The van der Waals surface area contributed by atoms with E-state index in [1.165, 1.54) is 11.0 Å². The van der Waals surface area contributed by atoms with E-state index in [1.807, 2.05) is 0 Å². The molecule has 98 valence electrons. The van der Waals surface area contributed by atoms with E-state index in [0.29, 0.717) is 0 Å². The average molecular weight is 276 g/mol. The Morgan fingerprint density at radius 2 is 2.17 bits per heavy atom. The number of anilines is 1. The number of aromatic nitrogens is 1. The Morgan fingerprint density at radius 3 is 2.72 bits per heavy atom. The summed E-state index contributed by atoms with van der Waals surface area (Å²) in [6.45, 7) is 0.0701. The quantitative estimate of drug-likeness (QED) is 0.768. The third-order valence-electron chi connectivity index (χ3n) is 2.63. The average Bonchev–Trinajstić information content (AvgIpc) is 2.58. The van der Waals surface area contributed by atoms with E-state index in [1.54, 1.807) is 0 Å². The van der Waals surface area contributed by atoms with E-state index >= 15 is 0 Å². The van der Waals surface area contributed by atoms with E-state index in [9.17, 15) is 21.5 Å². The molecule has 0 radical (unpaired) electrons. The smallest absolute Gasteiger partial charge is 0.296 e. The van der Waals surface area contributed by atoms with Gasteiger partial charge in [-0.05, 0) is 12.1 Å². The molecular formula is C10H10F2N2O3S. The van der Waals surface area contributed by atoms with E-state index in [-0.39, 0.29) is 24.7 Å². The molecule has 1 unspecified atom stereocenters. The molecule has 0 aliphatic carbocycles. The van der Waals surface area contributed by atoms with Gasteiger partial charge in [0.2, 0.25) is 5.91 Å². The van der Waals surface area contributed by atoms with Crippen molar-refractivity contribution in [1.82, 2.24) is 4.98 Å². The van der Waals surface area contributed by atoms with Gasteiger partial charge in [0.05, 0.1) is 11.9 Å². The molecule has 0 N–H and O–H groups in total. The fraction of sp³-hybridized carbons (Fsp3) is 0.400. The second kappa shape index (κ2) is 4.60. The maximum absolute atomic E-state index is 12.7. The van der Waals surface area contributed by atoms with Crippen molar-refractivity contribution in [2.24, 2.45) is 5.92 Å². The Bertz CT molecular complexity index is 559. The summed E-state index contributed by atoms with van der Waals surface area (Å²) in [7, 11) is -4.60. The summed E-state index contributed by atoms with van der Waals surface area (Å²) >= 11 is 0. The van der Waals surface area contributed by atoms with Crippen LogP contribution in [-0.4, -0.2) is 31.6 Å². The standard InChI is InChI=1S/C10H10F2N2O3S/c11-8-1-2-9(13-4-8)14-5-7(3-10(14)15)6-18(12,16)17/h1-2,4,7H,3,5-6H2. The Labute approximate surface area is 103 Å². The molecule has 0 spiro atoms. The predicted octanol–water partition coefficient (Wildman–Crippen LogP) is 0.873. The number of pyridine rings is 1. The lowest BCUT2D eigenvalue weighted by Gasteiger charge is -2.14. The topological polar surface area (TPSA) is 67.3 Å². The molecule has 18 heavy (non-hydrogen) atoms. The molecule has 1 aromatic heterocycles. The van der Waals surface area contributed by atoms with Crippen LogP contribution >= 0.6 is 0 Å². The van der Waals surface area contributed by atoms with Crippen LogP contribution in [0.2, 0.25) is 0 Å². The van der Waals surface area contributed by atoms with Crippen LogP contribution in [0.3, 0.4) is 0 Å². The molecule has 2 heterocycles. The first kappa shape index (κ1) is 12.9. The maximum atomic E-state index is 12.7. The summed E-state index contributed by atoms with van der Waals surface area (Å²) in [6.07, 6.45) is 0.907. The monoisotopic (exact) mass is 276 g/mol. The number of carbonyl (C=O) groups is 1. The van der Waals surface area contributed by atoms with Crippen molar-refractivity contribution in [1.29, 1.82) is 0 Å². The van der Waals surface area contributed by atoms with Crippen molar-refractivity contribution in [3.05, 3.63) is 24.1 Å². The zero-order valence-electron chi connectivity index (χ0n) is 9.21. The lowest BCUT2D eigenvalue weighted by molar-refractivity contribution is -0.117. The van der Waals surface area contributed by atoms with E-state index < -0.39 is 27.7 Å². The molecule has 1 aromatic rings. The molecular weight excluding hydrogens is 266 g/mol. The molecule has 1 atom stereocenters. The lowest BCUT2D eigenvalue weighted by Crippen LogP contribution is -2.26. The van der Waals surface area contributed by atoms with Crippen molar-refractivity contribution < 1.29 is 21.5 Å². The second-order valence-corrected chi connectivity index (χ2v) is 5.53. The number of nitrogens with zero attached hydrogens (tertiary/aromatic N) is 2. The fourth-order valence-electron chi connectivity index (χ4n) is 1.92.